The summed E-state index contributed by atoms with van der Waals surface area (Å²) in [7, 11) is 0. The number of nitriles is 1. The Hall–Kier alpha value is 0.150. The van der Waals surface area contributed by atoms with Crippen LogP contribution in [0.5, 0.6) is 0 Å². The molecule has 2 nitrogen and oxygen atoms in total. The molecule has 0 aromatic rings. The van der Waals surface area contributed by atoms with Crippen molar-refractivity contribution in [3.8, 4) is 6.07 Å². The number of hydrogen-bond acceptors (Lipinski definition) is 4. The van der Waals surface area contributed by atoms with Crippen LogP contribution in [0.2, 0.25) is 0 Å². The van der Waals surface area contributed by atoms with Gasteiger partial charge in [0.15, 0.2) is 0 Å². The Balaban J connectivity index is 1.85. The molecule has 1 heterocycles. The van der Waals surface area contributed by atoms with Gasteiger partial charge < -0.3 is 5.32 Å². The summed E-state index contributed by atoms with van der Waals surface area (Å²) in [4.78, 5) is 0. The lowest BCUT2D eigenvalue weighted by molar-refractivity contribution is 0.628. The van der Waals surface area contributed by atoms with E-state index in [1.54, 1.807) is 0 Å². The summed E-state index contributed by atoms with van der Waals surface area (Å²) >= 11 is 4.17. The maximum absolute atomic E-state index is 8.35. The van der Waals surface area contributed by atoms with Crippen molar-refractivity contribution < 1.29 is 0 Å². The molecular weight excluding hydrogens is 212 g/mol. The Morgan fingerprint density at radius 2 is 2.29 bits per heavy atom. The van der Waals surface area contributed by atoms with E-state index in [0.29, 0.717) is 6.42 Å². The van der Waals surface area contributed by atoms with Crippen molar-refractivity contribution >= 4 is 23.5 Å². The summed E-state index contributed by atoms with van der Waals surface area (Å²) in [5, 5.41) is 12.6. The molecule has 1 fully saturated rings. The Kier molecular flexibility index (Phi) is 7.38. The quantitative estimate of drug-likeness (QED) is 0.709. The molecule has 1 atom stereocenters. The van der Waals surface area contributed by atoms with Crippen molar-refractivity contribution in [3.63, 3.8) is 0 Å². The molecule has 1 saturated heterocycles. The van der Waals surface area contributed by atoms with Crippen LogP contribution in [0.4, 0.5) is 0 Å². The van der Waals surface area contributed by atoms with E-state index >= 15 is 0 Å². The second-order valence-corrected chi connectivity index (χ2v) is 5.95. The largest absolute Gasteiger partial charge is 0.316 e. The summed E-state index contributed by atoms with van der Waals surface area (Å²) in [5.41, 5.74) is 0. The normalized spacial score (nSPS) is 21.8. The van der Waals surface area contributed by atoms with Crippen LogP contribution in [-0.2, 0) is 0 Å². The second kappa shape index (κ2) is 8.46. The van der Waals surface area contributed by atoms with Gasteiger partial charge in [0.25, 0.3) is 0 Å². The summed E-state index contributed by atoms with van der Waals surface area (Å²) in [6, 6.07) is 2.17. The van der Waals surface area contributed by atoms with Gasteiger partial charge in [-0.3, -0.25) is 0 Å². The Morgan fingerprint density at radius 3 is 3.00 bits per heavy atom. The Morgan fingerprint density at radius 1 is 1.36 bits per heavy atom. The minimum atomic E-state index is 0.704. The third-order valence-corrected chi connectivity index (χ3v) is 4.99. The number of hydrogen-bond donors (Lipinski definition) is 1. The van der Waals surface area contributed by atoms with Crippen molar-refractivity contribution in [1.29, 1.82) is 5.26 Å². The average Bonchev–Trinajstić information content (AvgIpc) is 2.25. The molecule has 80 valence electrons. The zero-order valence-corrected chi connectivity index (χ0v) is 10.1. The highest BCUT2D eigenvalue weighted by Gasteiger charge is 2.12. The number of rotatable bonds is 6. The highest BCUT2D eigenvalue weighted by atomic mass is 32.2. The molecule has 1 rings (SSSR count). The van der Waals surface area contributed by atoms with E-state index in [1.165, 1.54) is 17.3 Å². The zero-order valence-electron chi connectivity index (χ0n) is 8.50. The number of unbranched alkanes of at least 4 members (excludes halogenated alkanes) is 2. The van der Waals surface area contributed by atoms with E-state index in [2.05, 4.69) is 34.9 Å². The van der Waals surface area contributed by atoms with Crippen LogP contribution in [0.15, 0.2) is 0 Å². The molecule has 0 aromatic heterocycles. The minimum absolute atomic E-state index is 0.704. The SMILES string of the molecule is N#CCCCCNCC1CSCCS1. The van der Waals surface area contributed by atoms with Gasteiger partial charge in [-0.2, -0.15) is 28.8 Å². The van der Waals surface area contributed by atoms with Crippen molar-refractivity contribution in [1.82, 2.24) is 5.32 Å². The molecule has 1 unspecified atom stereocenters. The van der Waals surface area contributed by atoms with Crippen LogP contribution in [0.3, 0.4) is 0 Å². The van der Waals surface area contributed by atoms with Gasteiger partial charge in [-0.1, -0.05) is 0 Å². The molecule has 0 saturated carbocycles. The molecule has 0 spiro atoms. The molecule has 1 N–H and O–H groups in total. The van der Waals surface area contributed by atoms with Crippen molar-refractivity contribution in [2.45, 2.75) is 24.5 Å². The lowest BCUT2D eigenvalue weighted by Crippen LogP contribution is -2.29. The maximum Gasteiger partial charge on any atom is 0.0621 e. The van der Waals surface area contributed by atoms with Crippen molar-refractivity contribution in [2.24, 2.45) is 0 Å². The van der Waals surface area contributed by atoms with Crippen molar-refractivity contribution in [2.75, 3.05) is 30.3 Å². The fourth-order valence-corrected chi connectivity index (χ4v) is 4.02. The molecular formula is C10H18N2S2. The lowest BCUT2D eigenvalue weighted by Gasteiger charge is -2.21. The molecule has 0 bridgehead atoms. The molecule has 0 amide bonds. The van der Waals surface area contributed by atoms with Gasteiger partial charge in [0.1, 0.15) is 0 Å². The number of nitrogens with zero attached hydrogens (tertiary/aromatic N) is 1. The van der Waals surface area contributed by atoms with Gasteiger partial charge >= 0.3 is 0 Å². The van der Waals surface area contributed by atoms with Gasteiger partial charge in [0.2, 0.25) is 0 Å². The van der Waals surface area contributed by atoms with Gasteiger partial charge in [0.05, 0.1) is 6.07 Å². The topological polar surface area (TPSA) is 35.8 Å². The molecule has 4 heteroatoms. The molecule has 14 heavy (non-hydrogen) atoms. The van der Waals surface area contributed by atoms with Crippen LogP contribution >= 0.6 is 23.5 Å². The van der Waals surface area contributed by atoms with Crippen molar-refractivity contribution in [3.05, 3.63) is 0 Å². The first-order valence-corrected chi connectivity index (χ1v) is 7.41. The summed E-state index contributed by atoms with van der Waals surface area (Å²) in [6.45, 7) is 2.22. The van der Waals surface area contributed by atoms with E-state index in [4.69, 9.17) is 5.26 Å². The summed E-state index contributed by atoms with van der Waals surface area (Å²) < 4.78 is 0. The highest BCUT2D eigenvalue weighted by Crippen LogP contribution is 2.23. The molecule has 0 radical (unpaired) electrons. The molecule has 1 aliphatic rings. The van der Waals surface area contributed by atoms with Gasteiger partial charge in [-0.15, -0.1) is 0 Å². The van der Waals surface area contributed by atoms with Crippen LogP contribution in [0.1, 0.15) is 19.3 Å². The van der Waals surface area contributed by atoms with E-state index in [9.17, 15) is 0 Å². The minimum Gasteiger partial charge on any atom is -0.316 e. The van der Waals surface area contributed by atoms with Crippen LogP contribution < -0.4 is 5.32 Å². The van der Waals surface area contributed by atoms with Gasteiger partial charge in [0, 0.05) is 35.5 Å². The highest BCUT2D eigenvalue weighted by molar-refractivity contribution is 8.06. The fraction of sp³-hybridized carbons (Fsp3) is 0.900. The predicted molar refractivity (Wildman–Crippen MR) is 65.9 cm³/mol. The standard InChI is InChI=1S/C10H18N2S2/c11-4-2-1-3-5-12-8-10-9-13-6-7-14-10/h10,12H,1-3,5-9H2. The van der Waals surface area contributed by atoms with E-state index < -0.39 is 0 Å². The Bertz CT molecular complexity index is 173. The van der Waals surface area contributed by atoms with E-state index in [1.807, 2.05) is 0 Å². The monoisotopic (exact) mass is 230 g/mol. The summed E-state index contributed by atoms with van der Waals surface area (Å²) in [5.74, 6) is 3.94. The van der Waals surface area contributed by atoms with Gasteiger partial charge in [-0.25, -0.2) is 0 Å². The van der Waals surface area contributed by atoms with E-state index in [-0.39, 0.29) is 0 Å². The fourth-order valence-electron chi connectivity index (χ4n) is 1.37. The number of thioether (sulfide) groups is 2. The third-order valence-electron chi connectivity index (χ3n) is 2.15. The number of nitrogens with one attached hydrogen (secondary N) is 1. The second-order valence-electron chi connectivity index (χ2n) is 3.39. The first-order valence-electron chi connectivity index (χ1n) is 5.20. The lowest BCUT2D eigenvalue weighted by atomic mass is 10.2. The smallest absolute Gasteiger partial charge is 0.0621 e. The van der Waals surface area contributed by atoms with Crippen LogP contribution in [-0.4, -0.2) is 35.6 Å². The predicted octanol–water partition coefficient (Wildman–Crippen LogP) is 2.12. The first-order chi connectivity index (χ1) is 6.93. The van der Waals surface area contributed by atoms with Crippen LogP contribution in [0.25, 0.3) is 0 Å². The molecule has 0 aromatic carbocycles. The molecule has 1 aliphatic heterocycles. The Labute approximate surface area is 95.2 Å². The summed E-state index contributed by atoms with van der Waals surface area (Å²) in [6.07, 6.45) is 2.88. The van der Waals surface area contributed by atoms with Gasteiger partial charge in [-0.05, 0) is 19.4 Å². The average molecular weight is 230 g/mol. The maximum atomic E-state index is 8.35. The zero-order chi connectivity index (χ0) is 10.1. The van der Waals surface area contributed by atoms with Crippen LogP contribution in [0, 0.1) is 11.3 Å². The first kappa shape index (κ1) is 12.2. The molecule has 0 aliphatic carbocycles. The third kappa shape index (κ3) is 5.79. The van der Waals surface area contributed by atoms with E-state index in [0.717, 1.165) is 31.2 Å².